The first-order valence-corrected chi connectivity index (χ1v) is 7.23. The molecule has 0 saturated carbocycles. The van der Waals surface area contributed by atoms with Gasteiger partial charge < -0.3 is 4.90 Å². The molecule has 0 unspecified atom stereocenters. The van der Waals surface area contributed by atoms with Crippen LogP contribution in [0.4, 0.5) is 11.4 Å². The highest BCUT2D eigenvalue weighted by molar-refractivity contribution is 5.66. The lowest BCUT2D eigenvalue weighted by molar-refractivity contribution is 0.474. The highest BCUT2D eigenvalue weighted by Gasteiger charge is 2.31. The monoisotopic (exact) mass is 289 g/mol. The molecule has 3 aromatic carbocycles. The van der Waals surface area contributed by atoms with Crippen molar-refractivity contribution in [2.24, 2.45) is 11.5 Å². The van der Waals surface area contributed by atoms with Crippen molar-refractivity contribution in [2.45, 2.75) is 5.79 Å². The van der Waals surface area contributed by atoms with Crippen molar-refractivity contribution in [1.29, 1.82) is 0 Å². The number of para-hydroxylation sites is 2. The molecule has 3 heteroatoms. The molecule has 3 rings (SSSR count). The Bertz CT molecular complexity index is 670. The zero-order chi connectivity index (χ0) is 15.4. The SMILES string of the molecule is NC(N)(c1ccccc1)N(c1ccccc1)c1ccccc1. The van der Waals surface area contributed by atoms with Crippen LogP contribution in [-0.2, 0) is 5.79 Å². The highest BCUT2D eigenvalue weighted by atomic mass is 15.4. The molecular weight excluding hydrogens is 270 g/mol. The maximum atomic E-state index is 6.55. The molecule has 0 radical (unpaired) electrons. The van der Waals surface area contributed by atoms with Gasteiger partial charge in [0, 0.05) is 16.9 Å². The van der Waals surface area contributed by atoms with E-state index in [9.17, 15) is 0 Å². The summed E-state index contributed by atoms with van der Waals surface area (Å²) in [6.07, 6.45) is 0. The lowest BCUT2D eigenvalue weighted by atomic mass is 10.1. The minimum Gasteiger partial charge on any atom is -0.307 e. The van der Waals surface area contributed by atoms with Crippen LogP contribution < -0.4 is 16.4 Å². The van der Waals surface area contributed by atoms with Gasteiger partial charge in [-0.25, -0.2) is 0 Å². The molecule has 110 valence electrons. The molecule has 3 aromatic rings. The smallest absolute Gasteiger partial charge is 0.172 e. The normalized spacial score (nSPS) is 11.2. The van der Waals surface area contributed by atoms with E-state index in [0.717, 1.165) is 16.9 Å². The van der Waals surface area contributed by atoms with E-state index in [-0.39, 0.29) is 0 Å². The van der Waals surface area contributed by atoms with Gasteiger partial charge in [0.15, 0.2) is 5.79 Å². The van der Waals surface area contributed by atoms with E-state index in [4.69, 9.17) is 11.5 Å². The van der Waals surface area contributed by atoms with Crippen molar-refractivity contribution in [3.63, 3.8) is 0 Å². The Labute approximate surface area is 130 Å². The van der Waals surface area contributed by atoms with Crippen LogP contribution in [0.25, 0.3) is 0 Å². The van der Waals surface area contributed by atoms with E-state index in [1.165, 1.54) is 0 Å². The van der Waals surface area contributed by atoms with E-state index in [1.807, 2.05) is 95.9 Å². The zero-order valence-corrected chi connectivity index (χ0v) is 12.3. The molecule has 0 aromatic heterocycles. The van der Waals surface area contributed by atoms with Crippen molar-refractivity contribution in [3.8, 4) is 0 Å². The average Bonchev–Trinajstić information content (AvgIpc) is 2.58. The summed E-state index contributed by atoms with van der Waals surface area (Å²) in [5.41, 5.74) is 15.8. The van der Waals surface area contributed by atoms with Gasteiger partial charge in [-0.3, -0.25) is 11.5 Å². The van der Waals surface area contributed by atoms with Gasteiger partial charge in [0.25, 0.3) is 0 Å². The third-order valence-electron chi connectivity index (χ3n) is 3.64. The number of benzene rings is 3. The summed E-state index contributed by atoms with van der Waals surface area (Å²) in [7, 11) is 0. The molecule has 0 fully saturated rings. The van der Waals surface area contributed by atoms with Crippen LogP contribution in [0.3, 0.4) is 0 Å². The predicted octanol–water partition coefficient (Wildman–Crippen LogP) is 3.55. The molecule has 0 bridgehead atoms. The topological polar surface area (TPSA) is 55.3 Å². The predicted molar refractivity (Wildman–Crippen MR) is 91.5 cm³/mol. The summed E-state index contributed by atoms with van der Waals surface area (Å²) in [5.74, 6) is -1.15. The maximum absolute atomic E-state index is 6.55. The molecule has 0 spiro atoms. The Balaban J connectivity index is 2.14. The van der Waals surface area contributed by atoms with Crippen molar-refractivity contribution >= 4 is 11.4 Å². The van der Waals surface area contributed by atoms with E-state index in [2.05, 4.69) is 0 Å². The van der Waals surface area contributed by atoms with E-state index in [0.29, 0.717) is 0 Å². The summed E-state index contributed by atoms with van der Waals surface area (Å²) in [5, 5.41) is 0. The molecule has 0 amide bonds. The van der Waals surface area contributed by atoms with Gasteiger partial charge in [-0.2, -0.15) is 0 Å². The van der Waals surface area contributed by atoms with Gasteiger partial charge in [-0.15, -0.1) is 0 Å². The van der Waals surface area contributed by atoms with Crippen molar-refractivity contribution in [1.82, 2.24) is 0 Å². The Morgan fingerprint density at radius 3 is 1.32 bits per heavy atom. The summed E-state index contributed by atoms with van der Waals surface area (Å²) in [6, 6.07) is 29.6. The van der Waals surface area contributed by atoms with Crippen molar-refractivity contribution < 1.29 is 0 Å². The molecule has 22 heavy (non-hydrogen) atoms. The fourth-order valence-electron chi connectivity index (χ4n) is 2.56. The molecule has 0 aliphatic heterocycles. The molecule has 0 heterocycles. The number of nitrogens with two attached hydrogens (primary N) is 2. The largest absolute Gasteiger partial charge is 0.307 e. The van der Waals surface area contributed by atoms with Crippen LogP contribution in [0, 0.1) is 0 Å². The number of nitrogens with zero attached hydrogens (tertiary/aromatic N) is 1. The number of hydrogen-bond acceptors (Lipinski definition) is 3. The van der Waals surface area contributed by atoms with Crippen LogP contribution >= 0.6 is 0 Å². The number of rotatable bonds is 4. The van der Waals surface area contributed by atoms with Crippen LogP contribution in [0.2, 0.25) is 0 Å². The van der Waals surface area contributed by atoms with Crippen molar-refractivity contribution in [2.75, 3.05) is 4.90 Å². The van der Waals surface area contributed by atoms with Gasteiger partial charge in [0.05, 0.1) is 0 Å². The van der Waals surface area contributed by atoms with E-state index >= 15 is 0 Å². The van der Waals surface area contributed by atoms with Gasteiger partial charge in [-0.05, 0) is 24.3 Å². The van der Waals surface area contributed by atoms with Gasteiger partial charge in [-0.1, -0.05) is 66.7 Å². The molecule has 0 aliphatic rings. The first kappa shape index (κ1) is 14.3. The van der Waals surface area contributed by atoms with Crippen LogP contribution in [0.15, 0.2) is 91.0 Å². The minimum absolute atomic E-state index is 0.850. The fourth-order valence-corrected chi connectivity index (χ4v) is 2.56. The molecule has 0 saturated heterocycles. The highest BCUT2D eigenvalue weighted by Crippen LogP contribution is 2.33. The molecular formula is C19H19N3. The molecule has 4 N–H and O–H groups in total. The first-order valence-electron chi connectivity index (χ1n) is 7.23. The van der Waals surface area contributed by atoms with Crippen LogP contribution in [0.1, 0.15) is 5.56 Å². The summed E-state index contributed by atoms with van der Waals surface area (Å²) < 4.78 is 0. The third kappa shape index (κ3) is 2.72. The van der Waals surface area contributed by atoms with Crippen molar-refractivity contribution in [3.05, 3.63) is 96.6 Å². The number of hydrogen-bond donors (Lipinski definition) is 2. The standard InChI is InChI=1S/C19H19N3/c20-19(21,16-10-4-1-5-11-16)22(17-12-6-2-7-13-17)18-14-8-3-9-15-18/h1-15H,20-21H2. The van der Waals surface area contributed by atoms with Crippen LogP contribution in [0.5, 0.6) is 0 Å². The first-order chi connectivity index (χ1) is 10.7. The Morgan fingerprint density at radius 2 is 0.909 bits per heavy atom. The quantitative estimate of drug-likeness (QED) is 0.722. The summed E-state index contributed by atoms with van der Waals surface area (Å²) in [6.45, 7) is 0. The molecule has 0 atom stereocenters. The third-order valence-corrected chi connectivity index (χ3v) is 3.64. The van der Waals surface area contributed by atoms with E-state index in [1.54, 1.807) is 0 Å². The van der Waals surface area contributed by atoms with Gasteiger partial charge in [0.1, 0.15) is 0 Å². The summed E-state index contributed by atoms with van der Waals surface area (Å²) >= 11 is 0. The summed E-state index contributed by atoms with van der Waals surface area (Å²) in [4.78, 5) is 1.95. The second kappa shape index (κ2) is 6.02. The Kier molecular flexibility index (Phi) is 3.92. The second-order valence-corrected chi connectivity index (χ2v) is 5.20. The van der Waals surface area contributed by atoms with Gasteiger partial charge in [0.2, 0.25) is 0 Å². The minimum atomic E-state index is -1.15. The number of anilines is 2. The Hall–Kier alpha value is -2.62. The second-order valence-electron chi connectivity index (χ2n) is 5.20. The molecule has 3 nitrogen and oxygen atoms in total. The maximum Gasteiger partial charge on any atom is 0.172 e. The van der Waals surface area contributed by atoms with Crippen LogP contribution in [-0.4, -0.2) is 0 Å². The molecule has 0 aliphatic carbocycles. The lowest BCUT2D eigenvalue weighted by Gasteiger charge is -2.40. The average molecular weight is 289 g/mol. The fraction of sp³-hybridized carbons (Fsp3) is 0.0526. The van der Waals surface area contributed by atoms with E-state index < -0.39 is 5.79 Å². The zero-order valence-electron chi connectivity index (χ0n) is 12.3. The Morgan fingerprint density at radius 1 is 0.545 bits per heavy atom. The van der Waals surface area contributed by atoms with Gasteiger partial charge >= 0.3 is 0 Å². The lowest BCUT2D eigenvalue weighted by Crippen LogP contribution is -2.58.